The molecular weight excluding hydrogens is 283 g/mol. The highest BCUT2D eigenvalue weighted by molar-refractivity contribution is 6.03. The van der Waals surface area contributed by atoms with Gasteiger partial charge in [-0.3, -0.25) is 4.79 Å². The zero-order chi connectivity index (χ0) is 15.1. The summed E-state index contributed by atoms with van der Waals surface area (Å²) in [5.74, 6) is -0.468. The first-order valence-corrected chi connectivity index (χ1v) is 7.13. The van der Waals surface area contributed by atoms with Gasteiger partial charge in [0.1, 0.15) is 11.5 Å². The molecule has 4 rings (SSSR count). The number of anilines is 1. The molecule has 1 N–H and O–H groups in total. The van der Waals surface area contributed by atoms with E-state index in [0.29, 0.717) is 11.6 Å². The summed E-state index contributed by atoms with van der Waals surface area (Å²) in [6, 6.07) is 9.57. The second kappa shape index (κ2) is 4.91. The molecule has 0 unspecified atom stereocenters. The highest BCUT2D eigenvalue weighted by atomic mass is 19.1. The van der Waals surface area contributed by atoms with Gasteiger partial charge in [-0.2, -0.15) is 5.10 Å². The van der Waals surface area contributed by atoms with E-state index in [-0.39, 0.29) is 11.4 Å². The van der Waals surface area contributed by atoms with Crippen molar-refractivity contribution in [1.29, 1.82) is 0 Å². The molecule has 0 atom stereocenters. The molecule has 22 heavy (non-hydrogen) atoms. The molecule has 3 aromatic rings. The van der Waals surface area contributed by atoms with Gasteiger partial charge in [0.15, 0.2) is 5.65 Å². The van der Waals surface area contributed by atoms with Crippen molar-refractivity contribution < 1.29 is 9.18 Å². The molecule has 0 spiro atoms. The molecule has 1 aliphatic carbocycles. The van der Waals surface area contributed by atoms with Gasteiger partial charge in [0, 0.05) is 17.7 Å². The van der Waals surface area contributed by atoms with Gasteiger partial charge in [0.05, 0.1) is 11.9 Å². The number of hydrogen-bond acceptors (Lipinski definition) is 3. The highest BCUT2D eigenvalue weighted by Crippen LogP contribution is 2.40. The second-order valence-corrected chi connectivity index (χ2v) is 5.38. The SMILES string of the molecule is O=C(Nc1ccccc1F)c1cc(C2CC2)n2nccc2n1. The number of hydrogen-bond donors (Lipinski definition) is 1. The van der Waals surface area contributed by atoms with Crippen molar-refractivity contribution in [2.45, 2.75) is 18.8 Å². The third-order valence-corrected chi connectivity index (χ3v) is 3.74. The minimum Gasteiger partial charge on any atom is -0.318 e. The van der Waals surface area contributed by atoms with Crippen LogP contribution in [0.3, 0.4) is 0 Å². The summed E-state index contributed by atoms with van der Waals surface area (Å²) in [5.41, 5.74) is 2.03. The van der Waals surface area contributed by atoms with Crippen molar-refractivity contribution in [1.82, 2.24) is 14.6 Å². The average molecular weight is 296 g/mol. The van der Waals surface area contributed by atoms with Crippen LogP contribution >= 0.6 is 0 Å². The summed E-state index contributed by atoms with van der Waals surface area (Å²) in [7, 11) is 0. The Morgan fingerprint density at radius 2 is 2.09 bits per heavy atom. The minimum absolute atomic E-state index is 0.149. The standard InChI is InChI=1S/C16H13FN4O/c17-11-3-1-2-4-12(11)20-16(22)13-9-14(10-5-6-10)21-15(19-13)7-8-18-21/h1-4,7-10H,5-6H2,(H,20,22). The first kappa shape index (κ1) is 12.9. The van der Waals surface area contributed by atoms with Crippen LogP contribution in [0.15, 0.2) is 42.6 Å². The van der Waals surface area contributed by atoms with Crippen LogP contribution in [-0.4, -0.2) is 20.5 Å². The van der Waals surface area contributed by atoms with E-state index in [0.717, 1.165) is 18.5 Å². The van der Waals surface area contributed by atoms with E-state index in [1.165, 1.54) is 12.1 Å². The third-order valence-electron chi connectivity index (χ3n) is 3.74. The zero-order valence-corrected chi connectivity index (χ0v) is 11.7. The van der Waals surface area contributed by atoms with Crippen molar-refractivity contribution in [3.8, 4) is 0 Å². The fourth-order valence-electron chi connectivity index (χ4n) is 2.47. The second-order valence-electron chi connectivity index (χ2n) is 5.38. The van der Waals surface area contributed by atoms with Gasteiger partial charge < -0.3 is 5.32 Å². The van der Waals surface area contributed by atoms with Crippen LogP contribution < -0.4 is 5.32 Å². The van der Waals surface area contributed by atoms with Crippen LogP contribution in [0.5, 0.6) is 0 Å². The lowest BCUT2D eigenvalue weighted by Gasteiger charge is -2.08. The normalized spacial score (nSPS) is 14.2. The lowest BCUT2D eigenvalue weighted by atomic mass is 10.2. The van der Waals surface area contributed by atoms with Gasteiger partial charge in [0.25, 0.3) is 5.91 Å². The molecule has 1 aliphatic rings. The predicted molar refractivity (Wildman–Crippen MR) is 79.3 cm³/mol. The summed E-state index contributed by atoms with van der Waals surface area (Å²) in [4.78, 5) is 16.7. The van der Waals surface area contributed by atoms with E-state index >= 15 is 0 Å². The molecule has 0 radical (unpaired) electrons. The third kappa shape index (κ3) is 2.22. The van der Waals surface area contributed by atoms with Crippen molar-refractivity contribution in [3.05, 3.63) is 59.8 Å². The van der Waals surface area contributed by atoms with Gasteiger partial charge >= 0.3 is 0 Å². The Hall–Kier alpha value is -2.76. The van der Waals surface area contributed by atoms with E-state index in [1.54, 1.807) is 35.0 Å². The number of para-hydroxylation sites is 1. The number of halogens is 1. The van der Waals surface area contributed by atoms with Crippen molar-refractivity contribution in [3.63, 3.8) is 0 Å². The monoisotopic (exact) mass is 296 g/mol. The van der Waals surface area contributed by atoms with E-state index < -0.39 is 11.7 Å². The van der Waals surface area contributed by atoms with Gasteiger partial charge in [-0.1, -0.05) is 12.1 Å². The maximum atomic E-state index is 13.6. The molecule has 1 aromatic carbocycles. The summed E-state index contributed by atoms with van der Waals surface area (Å²) in [5, 5.41) is 6.80. The Bertz CT molecular complexity index is 869. The molecule has 0 aliphatic heterocycles. The number of carbonyl (C=O) groups is 1. The first-order valence-electron chi connectivity index (χ1n) is 7.13. The number of carbonyl (C=O) groups excluding carboxylic acids is 1. The van der Waals surface area contributed by atoms with Gasteiger partial charge in [-0.05, 0) is 31.0 Å². The smallest absolute Gasteiger partial charge is 0.274 e. The van der Waals surface area contributed by atoms with Crippen molar-refractivity contribution in [2.24, 2.45) is 0 Å². The molecular formula is C16H13FN4O. The lowest BCUT2D eigenvalue weighted by Crippen LogP contribution is -2.16. The number of amides is 1. The maximum absolute atomic E-state index is 13.6. The Morgan fingerprint density at radius 1 is 1.27 bits per heavy atom. The predicted octanol–water partition coefficient (Wildman–Crippen LogP) is 3.00. The molecule has 0 saturated heterocycles. The summed E-state index contributed by atoms with van der Waals surface area (Å²) in [6.07, 6.45) is 3.84. The van der Waals surface area contributed by atoms with Crippen LogP contribution in [0, 0.1) is 5.82 Å². The van der Waals surface area contributed by atoms with E-state index in [4.69, 9.17) is 0 Å². The fourth-order valence-corrected chi connectivity index (χ4v) is 2.47. The number of nitrogens with zero attached hydrogens (tertiary/aromatic N) is 3. The molecule has 2 heterocycles. The summed E-state index contributed by atoms with van der Waals surface area (Å²) in [6.45, 7) is 0. The molecule has 6 heteroatoms. The quantitative estimate of drug-likeness (QED) is 0.808. The van der Waals surface area contributed by atoms with E-state index in [9.17, 15) is 9.18 Å². The molecule has 110 valence electrons. The first-order chi connectivity index (χ1) is 10.7. The zero-order valence-electron chi connectivity index (χ0n) is 11.7. The lowest BCUT2D eigenvalue weighted by molar-refractivity contribution is 0.102. The highest BCUT2D eigenvalue weighted by Gasteiger charge is 2.28. The molecule has 1 saturated carbocycles. The van der Waals surface area contributed by atoms with Gasteiger partial charge in [-0.15, -0.1) is 0 Å². The van der Waals surface area contributed by atoms with Crippen LogP contribution in [0.1, 0.15) is 34.9 Å². The Balaban J connectivity index is 1.71. The molecule has 0 bridgehead atoms. The summed E-state index contributed by atoms with van der Waals surface area (Å²) < 4.78 is 15.4. The van der Waals surface area contributed by atoms with E-state index in [2.05, 4.69) is 15.4 Å². The Kier molecular flexibility index (Phi) is 2.89. The topological polar surface area (TPSA) is 59.3 Å². The van der Waals surface area contributed by atoms with Crippen LogP contribution in [0.2, 0.25) is 0 Å². The number of nitrogens with one attached hydrogen (secondary N) is 1. The Labute approximate surface area is 125 Å². The molecule has 1 amide bonds. The largest absolute Gasteiger partial charge is 0.318 e. The molecule has 1 fully saturated rings. The van der Waals surface area contributed by atoms with E-state index in [1.807, 2.05) is 0 Å². The van der Waals surface area contributed by atoms with Gasteiger partial charge in [-0.25, -0.2) is 13.9 Å². The number of benzene rings is 1. The molecule has 2 aromatic heterocycles. The van der Waals surface area contributed by atoms with Crippen molar-refractivity contribution >= 4 is 17.2 Å². The fraction of sp³-hybridized carbons (Fsp3) is 0.188. The van der Waals surface area contributed by atoms with Crippen LogP contribution in [0.4, 0.5) is 10.1 Å². The number of aromatic nitrogens is 3. The number of fused-ring (bicyclic) bond motifs is 1. The van der Waals surface area contributed by atoms with Gasteiger partial charge in [0.2, 0.25) is 0 Å². The maximum Gasteiger partial charge on any atom is 0.274 e. The Morgan fingerprint density at radius 3 is 2.86 bits per heavy atom. The van der Waals surface area contributed by atoms with Crippen LogP contribution in [0.25, 0.3) is 5.65 Å². The van der Waals surface area contributed by atoms with Crippen LogP contribution in [-0.2, 0) is 0 Å². The average Bonchev–Trinajstić information content (AvgIpc) is 3.25. The molecule has 5 nitrogen and oxygen atoms in total. The minimum atomic E-state index is -0.469. The summed E-state index contributed by atoms with van der Waals surface area (Å²) >= 11 is 0. The van der Waals surface area contributed by atoms with Crippen molar-refractivity contribution in [2.75, 3.05) is 5.32 Å². The number of rotatable bonds is 3.